The second-order valence-corrected chi connectivity index (χ2v) is 5.66. The summed E-state index contributed by atoms with van der Waals surface area (Å²) in [6.45, 7) is 9.85. The molecular weight excluding hydrogens is 260 g/mol. The van der Waals surface area contributed by atoms with Gasteiger partial charge in [-0.05, 0) is 37.6 Å². The average molecular weight is 286 g/mol. The Labute approximate surface area is 127 Å². The monoisotopic (exact) mass is 286 g/mol. The van der Waals surface area contributed by atoms with Gasteiger partial charge in [-0.2, -0.15) is 5.10 Å². The zero-order chi connectivity index (χ0) is 15.2. The summed E-state index contributed by atoms with van der Waals surface area (Å²) in [4.78, 5) is 2.39. The summed E-state index contributed by atoms with van der Waals surface area (Å²) in [7, 11) is 0. The maximum Gasteiger partial charge on any atom is 0.0765 e. The van der Waals surface area contributed by atoms with Crippen molar-refractivity contribution < 1.29 is 0 Å². The van der Waals surface area contributed by atoms with Crippen LogP contribution in [0.2, 0.25) is 0 Å². The maximum atomic E-state index is 5.82. The Morgan fingerprint density at radius 3 is 2.43 bits per heavy atom. The number of aromatic nitrogens is 2. The Balaban J connectivity index is 2.05. The summed E-state index contributed by atoms with van der Waals surface area (Å²) in [5, 5.41) is 4.63. The van der Waals surface area contributed by atoms with Crippen molar-refractivity contribution in [1.82, 2.24) is 14.7 Å². The van der Waals surface area contributed by atoms with Gasteiger partial charge in [-0.1, -0.05) is 31.2 Å². The Morgan fingerprint density at radius 1 is 1.14 bits per heavy atom. The zero-order valence-electron chi connectivity index (χ0n) is 13.3. The van der Waals surface area contributed by atoms with Crippen molar-refractivity contribution in [3.63, 3.8) is 0 Å². The molecule has 0 radical (unpaired) electrons. The summed E-state index contributed by atoms with van der Waals surface area (Å²) in [5.41, 5.74) is 9.48. The maximum absolute atomic E-state index is 5.82. The van der Waals surface area contributed by atoms with Gasteiger partial charge in [0.1, 0.15) is 0 Å². The van der Waals surface area contributed by atoms with Gasteiger partial charge in [0, 0.05) is 31.9 Å². The summed E-state index contributed by atoms with van der Waals surface area (Å²) < 4.78 is 2.01. The van der Waals surface area contributed by atoms with E-state index < -0.39 is 0 Å². The number of nitrogens with two attached hydrogens (primary N) is 1. The molecule has 4 heteroatoms. The lowest BCUT2D eigenvalue weighted by Crippen LogP contribution is -2.23. The van der Waals surface area contributed by atoms with Gasteiger partial charge in [-0.3, -0.25) is 9.58 Å². The lowest BCUT2D eigenvalue weighted by atomic mass is 10.1. The Kier molecular flexibility index (Phi) is 5.53. The molecular formula is C17H26N4. The molecule has 1 heterocycles. The van der Waals surface area contributed by atoms with E-state index in [9.17, 15) is 0 Å². The van der Waals surface area contributed by atoms with Crippen LogP contribution >= 0.6 is 0 Å². The van der Waals surface area contributed by atoms with Crippen LogP contribution in [0.1, 0.15) is 43.6 Å². The van der Waals surface area contributed by atoms with Gasteiger partial charge in [-0.15, -0.1) is 0 Å². The van der Waals surface area contributed by atoms with E-state index in [4.69, 9.17) is 5.73 Å². The third kappa shape index (κ3) is 4.16. The topological polar surface area (TPSA) is 47.1 Å². The van der Waals surface area contributed by atoms with Gasteiger partial charge in [-0.25, -0.2) is 0 Å². The molecule has 0 saturated heterocycles. The van der Waals surface area contributed by atoms with Gasteiger partial charge in [0.25, 0.3) is 0 Å². The largest absolute Gasteiger partial charge is 0.326 e. The number of hydrogen-bond acceptors (Lipinski definition) is 3. The zero-order valence-corrected chi connectivity index (χ0v) is 13.3. The Hall–Kier alpha value is -1.65. The van der Waals surface area contributed by atoms with Crippen molar-refractivity contribution in [2.45, 2.75) is 46.4 Å². The molecule has 0 bridgehead atoms. The smallest absolute Gasteiger partial charge is 0.0765 e. The Bertz CT molecular complexity index is 559. The fourth-order valence-corrected chi connectivity index (χ4v) is 2.41. The van der Waals surface area contributed by atoms with Crippen LogP contribution in [0.25, 0.3) is 0 Å². The minimum atomic E-state index is 0.409. The van der Waals surface area contributed by atoms with E-state index in [-0.39, 0.29) is 0 Å². The fourth-order valence-electron chi connectivity index (χ4n) is 2.41. The second-order valence-electron chi connectivity index (χ2n) is 5.66. The first kappa shape index (κ1) is 15.7. The van der Waals surface area contributed by atoms with Crippen molar-refractivity contribution in [1.29, 1.82) is 0 Å². The predicted molar refractivity (Wildman–Crippen MR) is 86.7 cm³/mol. The predicted octanol–water partition coefficient (Wildman–Crippen LogP) is 2.94. The molecule has 2 rings (SSSR count). The number of benzene rings is 1. The summed E-state index contributed by atoms with van der Waals surface area (Å²) in [6, 6.07) is 10.9. The molecule has 2 N–H and O–H groups in total. The van der Waals surface area contributed by atoms with Crippen LogP contribution in [0.4, 0.5) is 0 Å². The molecule has 0 atom stereocenters. The molecule has 4 nitrogen and oxygen atoms in total. The van der Waals surface area contributed by atoms with Crippen molar-refractivity contribution in [2.24, 2.45) is 5.73 Å². The number of nitrogens with zero attached hydrogens (tertiary/aromatic N) is 3. The van der Waals surface area contributed by atoms with Crippen LogP contribution in [0, 0.1) is 0 Å². The highest BCUT2D eigenvalue weighted by Crippen LogP contribution is 2.13. The molecule has 0 aliphatic rings. The van der Waals surface area contributed by atoms with E-state index in [2.05, 4.69) is 61.2 Å². The molecule has 0 spiro atoms. The molecule has 21 heavy (non-hydrogen) atoms. The van der Waals surface area contributed by atoms with Crippen LogP contribution in [0.5, 0.6) is 0 Å². The minimum absolute atomic E-state index is 0.409. The highest BCUT2D eigenvalue weighted by Gasteiger charge is 2.10. The van der Waals surface area contributed by atoms with Gasteiger partial charge in [0.05, 0.1) is 5.69 Å². The van der Waals surface area contributed by atoms with Crippen LogP contribution in [0.3, 0.4) is 0 Å². The summed E-state index contributed by atoms with van der Waals surface area (Å²) >= 11 is 0. The van der Waals surface area contributed by atoms with Gasteiger partial charge in [0.15, 0.2) is 0 Å². The lowest BCUT2D eigenvalue weighted by Gasteiger charge is -2.21. The van der Waals surface area contributed by atoms with Gasteiger partial charge in [0.2, 0.25) is 0 Å². The minimum Gasteiger partial charge on any atom is -0.326 e. The van der Waals surface area contributed by atoms with Crippen LogP contribution in [-0.4, -0.2) is 21.2 Å². The molecule has 0 aliphatic carbocycles. The van der Waals surface area contributed by atoms with Crippen molar-refractivity contribution in [3.05, 3.63) is 53.3 Å². The Morgan fingerprint density at radius 2 is 1.86 bits per heavy atom. The van der Waals surface area contributed by atoms with E-state index in [1.165, 1.54) is 11.1 Å². The first-order chi connectivity index (χ1) is 10.1. The molecule has 2 aromatic rings. The molecule has 1 aromatic heterocycles. The molecule has 1 aromatic carbocycles. The highest BCUT2D eigenvalue weighted by molar-refractivity contribution is 5.26. The molecule has 0 fully saturated rings. The highest BCUT2D eigenvalue weighted by atomic mass is 15.3. The fraction of sp³-hybridized carbons (Fsp3) is 0.471. The molecule has 0 unspecified atom stereocenters. The number of rotatable bonds is 7. The van der Waals surface area contributed by atoms with Crippen LogP contribution in [-0.2, 0) is 19.6 Å². The van der Waals surface area contributed by atoms with E-state index in [0.717, 1.165) is 25.3 Å². The SMILES string of the molecule is CCN(Cc1ccn(C(C)C)n1)Cc1ccccc1CN. The standard InChI is InChI=1S/C17H26N4/c1-4-20(12-16-8-6-5-7-15(16)11-18)13-17-9-10-21(19-17)14(2)3/h5-10,14H,4,11-13,18H2,1-3H3. The average Bonchev–Trinajstić information content (AvgIpc) is 2.96. The molecule has 0 amide bonds. The summed E-state index contributed by atoms with van der Waals surface area (Å²) in [6.07, 6.45) is 2.06. The van der Waals surface area contributed by atoms with Crippen molar-refractivity contribution in [3.8, 4) is 0 Å². The number of hydrogen-bond donors (Lipinski definition) is 1. The van der Waals surface area contributed by atoms with Crippen LogP contribution in [0.15, 0.2) is 36.5 Å². The second kappa shape index (κ2) is 7.38. The third-order valence-electron chi connectivity index (χ3n) is 3.76. The van der Waals surface area contributed by atoms with Crippen molar-refractivity contribution >= 4 is 0 Å². The lowest BCUT2D eigenvalue weighted by molar-refractivity contribution is 0.266. The van der Waals surface area contributed by atoms with E-state index in [1.54, 1.807) is 0 Å². The molecule has 0 aliphatic heterocycles. The molecule has 0 saturated carbocycles. The normalized spacial score (nSPS) is 11.5. The van der Waals surface area contributed by atoms with Crippen LogP contribution < -0.4 is 5.73 Å². The first-order valence-corrected chi connectivity index (χ1v) is 7.67. The van der Waals surface area contributed by atoms with E-state index in [1.807, 2.05) is 10.7 Å². The third-order valence-corrected chi connectivity index (χ3v) is 3.76. The van der Waals surface area contributed by atoms with Crippen molar-refractivity contribution in [2.75, 3.05) is 6.54 Å². The molecule has 114 valence electrons. The van der Waals surface area contributed by atoms with Gasteiger partial charge >= 0.3 is 0 Å². The first-order valence-electron chi connectivity index (χ1n) is 7.67. The summed E-state index contributed by atoms with van der Waals surface area (Å²) in [5.74, 6) is 0. The van der Waals surface area contributed by atoms with E-state index >= 15 is 0 Å². The van der Waals surface area contributed by atoms with E-state index in [0.29, 0.717) is 12.6 Å². The van der Waals surface area contributed by atoms with Gasteiger partial charge < -0.3 is 5.73 Å². The quantitative estimate of drug-likeness (QED) is 0.851.